The summed E-state index contributed by atoms with van der Waals surface area (Å²) in [7, 11) is 0. The zero-order valence-electron chi connectivity index (χ0n) is 12.1. The summed E-state index contributed by atoms with van der Waals surface area (Å²) < 4.78 is 39.0. The van der Waals surface area contributed by atoms with Crippen LogP contribution in [0, 0.1) is 5.92 Å². The Morgan fingerprint density at radius 1 is 1.29 bits per heavy atom. The highest BCUT2D eigenvalue weighted by Gasteiger charge is 2.34. The first kappa shape index (κ1) is 16.1. The van der Waals surface area contributed by atoms with Gasteiger partial charge in [-0.05, 0) is 43.9 Å². The van der Waals surface area contributed by atoms with Crippen LogP contribution in [-0.2, 0) is 6.18 Å². The summed E-state index contributed by atoms with van der Waals surface area (Å²) in [6.07, 6.45) is -2.27. The van der Waals surface area contributed by atoms with Crippen LogP contribution < -0.4 is 10.6 Å². The van der Waals surface area contributed by atoms with Crippen LogP contribution in [0.3, 0.4) is 0 Å². The van der Waals surface area contributed by atoms with Crippen molar-refractivity contribution in [1.29, 1.82) is 0 Å². The lowest BCUT2D eigenvalue weighted by atomic mass is 9.94. The molecule has 21 heavy (non-hydrogen) atoms. The summed E-state index contributed by atoms with van der Waals surface area (Å²) in [5.74, 6) is 0.525. The van der Waals surface area contributed by atoms with E-state index in [4.69, 9.17) is 18.0 Å². The fourth-order valence-corrected chi connectivity index (χ4v) is 2.98. The summed E-state index contributed by atoms with van der Waals surface area (Å²) >= 11 is 4.79. The number of nitrogens with two attached hydrogens (primary N) is 1. The number of rotatable bonds is 2. The molecule has 0 aliphatic carbocycles. The standard InChI is InChI=1S/C15H19F3N2S/c1-9-3-4-10(2)20(8-9)11-5-6-13(15(16,17)18)12(7-11)14(19)21/h5-7,9-10H,3-4,8H2,1-2H3,(H2,19,21). The van der Waals surface area contributed by atoms with Crippen LogP contribution in [-0.4, -0.2) is 17.6 Å². The Balaban J connectivity index is 2.42. The zero-order valence-corrected chi connectivity index (χ0v) is 12.9. The molecule has 6 heteroatoms. The maximum atomic E-state index is 13.0. The van der Waals surface area contributed by atoms with Crippen molar-refractivity contribution in [2.75, 3.05) is 11.4 Å². The van der Waals surface area contributed by atoms with E-state index >= 15 is 0 Å². The molecule has 0 spiro atoms. The predicted octanol–water partition coefficient (Wildman–Crippen LogP) is 3.96. The smallest absolute Gasteiger partial charge is 0.389 e. The molecule has 116 valence electrons. The molecule has 0 radical (unpaired) electrons. The van der Waals surface area contributed by atoms with Gasteiger partial charge in [-0.2, -0.15) is 13.2 Å². The van der Waals surface area contributed by atoms with Gasteiger partial charge in [-0.25, -0.2) is 0 Å². The molecule has 1 fully saturated rings. The van der Waals surface area contributed by atoms with Crippen molar-refractivity contribution in [2.24, 2.45) is 11.7 Å². The highest BCUT2D eigenvalue weighted by molar-refractivity contribution is 7.80. The summed E-state index contributed by atoms with van der Waals surface area (Å²) in [4.78, 5) is 1.91. The maximum absolute atomic E-state index is 13.0. The van der Waals surface area contributed by atoms with Crippen LogP contribution in [0.25, 0.3) is 0 Å². The molecule has 1 aromatic carbocycles. The van der Waals surface area contributed by atoms with E-state index in [9.17, 15) is 13.2 Å². The molecule has 1 heterocycles. The lowest BCUT2D eigenvalue weighted by molar-refractivity contribution is -0.137. The van der Waals surface area contributed by atoms with Crippen molar-refractivity contribution in [1.82, 2.24) is 0 Å². The van der Waals surface area contributed by atoms with Crippen molar-refractivity contribution in [3.8, 4) is 0 Å². The van der Waals surface area contributed by atoms with Gasteiger partial charge in [0.1, 0.15) is 4.99 Å². The van der Waals surface area contributed by atoms with E-state index in [1.165, 1.54) is 12.1 Å². The van der Waals surface area contributed by atoms with Crippen LogP contribution in [0.4, 0.5) is 18.9 Å². The summed E-state index contributed by atoms with van der Waals surface area (Å²) in [6.45, 7) is 5.07. The van der Waals surface area contributed by atoms with Crippen LogP contribution in [0.1, 0.15) is 37.8 Å². The van der Waals surface area contributed by atoms with Gasteiger partial charge < -0.3 is 10.6 Å². The fraction of sp³-hybridized carbons (Fsp3) is 0.533. The Hall–Kier alpha value is -1.30. The van der Waals surface area contributed by atoms with E-state index in [1.54, 1.807) is 0 Å². The number of anilines is 1. The molecular weight excluding hydrogens is 297 g/mol. The van der Waals surface area contributed by atoms with E-state index in [0.29, 0.717) is 12.0 Å². The summed E-state index contributed by atoms with van der Waals surface area (Å²) in [6, 6.07) is 4.37. The van der Waals surface area contributed by atoms with Crippen LogP contribution in [0.5, 0.6) is 0 Å². The highest BCUT2D eigenvalue weighted by Crippen LogP contribution is 2.35. The molecule has 0 saturated carbocycles. The minimum Gasteiger partial charge on any atom is -0.389 e. The number of nitrogens with zero attached hydrogens (tertiary/aromatic N) is 1. The summed E-state index contributed by atoms with van der Waals surface area (Å²) in [5.41, 5.74) is 5.38. The molecule has 2 rings (SSSR count). The molecule has 1 aromatic rings. The van der Waals surface area contributed by atoms with Crippen LogP contribution in [0.15, 0.2) is 18.2 Å². The highest BCUT2D eigenvalue weighted by atomic mass is 32.1. The van der Waals surface area contributed by atoms with Crippen molar-refractivity contribution in [2.45, 2.75) is 38.9 Å². The molecule has 2 atom stereocenters. The van der Waals surface area contributed by atoms with Gasteiger partial charge in [0.15, 0.2) is 0 Å². The topological polar surface area (TPSA) is 29.3 Å². The molecule has 2 unspecified atom stereocenters. The average Bonchev–Trinajstić information content (AvgIpc) is 2.39. The first-order chi connectivity index (χ1) is 9.70. The molecule has 1 saturated heterocycles. The minimum atomic E-state index is -4.45. The Morgan fingerprint density at radius 2 is 1.95 bits per heavy atom. The van der Waals surface area contributed by atoms with Gasteiger partial charge in [-0.3, -0.25) is 0 Å². The Kier molecular flexibility index (Phi) is 4.46. The first-order valence-corrected chi connectivity index (χ1v) is 7.38. The van der Waals surface area contributed by atoms with Crippen molar-refractivity contribution in [3.05, 3.63) is 29.3 Å². The van der Waals surface area contributed by atoms with Crippen LogP contribution in [0.2, 0.25) is 0 Å². The van der Waals surface area contributed by atoms with Crippen LogP contribution >= 0.6 is 12.2 Å². The number of hydrogen-bond donors (Lipinski definition) is 1. The molecule has 2 nitrogen and oxygen atoms in total. The fourth-order valence-electron chi connectivity index (χ4n) is 2.81. The third-order valence-corrected chi connectivity index (χ3v) is 4.24. The lowest BCUT2D eigenvalue weighted by Crippen LogP contribution is -2.41. The third-order valence-electron chi connectivity index (χ3n) is 4.02. The second-order valence-corrected chi connectivity index (χ2v) is 6.22. The molecule has 1 aliphatic heterocycles. The number of hydrogen-bond acceptors (Lipinski definition) is 2. The van der Waals surface area contributed by atoms with E-state index < -0.39 is 11.7 Å². The van der Waals surface area contributed by atoms with Gasteiger partial charge in [0.2, 0.25) is 0 Å². The van der Waals surface area contributed by atoms with Gasteiger partial charge >= 0.3 is 6.18 Å². The van der Waals surface area contributed by atoms with Crippen molar-refractivity contribution < 1.29 is 13.2 Å². The van der Waals surface area contributed by atoms with Crippen molar-refractivity contribution in [3.63, 3.8) is 0 Å². The number of alkyl halides is 3. The zero-order chi connectivity index (χ0) is 15.8. The van der Waals surface area contributed by atoms with E-state index in [1.807, 2.05) is 0 Å². The van der Waals surface area contributed by atoms with Gasteiger partial charge in [0.05, 0.1) is 5.56 Å². The largest absolute Gasteiger partial charge is 0.417 e. The molecule has 0 aromatic heterocycles. The normalized spacial score (nSPS) is 23.2. The average molecular weight is 316 g/mol. The maximum Gasteiger partial charge on any atom is 0.417 e. The number of halogens is 3. The Labute approximate surface area is 128 Å². The number of thiocarbonyl (C=S) groups is 1. The Morgan fingerprint density at radius 3 is 2.52 bits per heavy atom. The molecule has 0 bridgehead atoms. The lowest BCUT2D eigenvalue weighted by Gasteiger charge is -2.39. The van der Waals surface area contributed by atoms with E-state index in [2.05, 4.69) is 18.7 Å². The molecular formula is C15H19F3N2S. The number of benzene rings is 1. The van der Waals surface area contributed by atoms with Gasteiger partial charge in [-0.1, -0.05) is 19.1 Å². The van der Waals surface area contributed by atoms with Gasteiger partial charge in [0.25, 0.3) is 0 Å². The Bertz CT molecular complexity index is 542. The van der Waals surface area contributed by atoms with Crippen molar-refractivity contribution >= 4 is 22.9 Å². The van der Waals surface area contributed by atoms with E-state index in [-0.39, 0.29) is 10.6 Å². The monoisotopic (exact) mass is 316 g/mol. The second kappa shape index (κ2) is 5.83. The minimum absolute atomic E-state index is 0.0968. The molecule has 2 N–H and O–H groups in total. The molecule has 1 aliphatic rings. The summed E-state index contributed by atoms with van der Waals surface area (Å²) in [5, 5.41) is 0. The third kappa shape index (κ3) is 3.48. The predicted molar refractivity (Wildman–Crippen MR) is 82.5 cm³/mol. The van der Waals surface area contributed by atoms with Gasteiger partial charge in [0, 0.05) is 23.8 Å². The molecule has 0 amide bonds. The van der Waals surface area contributed by atoms with Gasteiger partial charge in [-0.15, -0.1) is 0 Å². The van der Waals surface area contributed by atoms with E-state index in [0.717, 1.165) is 31.1 Å². The quantitative estimate of drug-likeness (QED) is 0.837. The number of piperidine rings is 1. The second-order valence-electron chi connectivity index (χ2n) is 5.78. The SMILES string of the molecule is CC1CCC(C)N(c2ccc(C(F)(F)F)c(C(N)=S)c2)C1. The first-order valence-electron chi connectivity index (χ1n) is 6.98.